The van der Waals surface area contributed by atoms with Crippen molar-refractivity contribution in [2.45, 2.75) is 78.4 Å². The molecular formula is C18H37N3. The van der Waals surface area contributed by atoms with Crippen LogP contribution in [0.3, 0.4) is 0 Å². The Morgan fingerprint density at radius 1 is 1.19 bits per heavy atom. The molecule has 21 heavy (non-hydrogen) atoms. The monoisotopic (exact) mass is 295 g/mol. The smallest absolute Gasteiger partial charge is 0.0274 e. The number of nitrogens with zero attached hydrogens (tertiary/aromatic N) is 2. The maximum Gasteiger partial charge on any atom is 0.0274 e. The Morgan fingerprint density at radius 2 is 1.95 bits per heavy atom. The standard InChI is InChI=1S/C18H37N3/c1-6-11-19-17-16(9-8-10-18(17,4)5)21-13-12-20(7-2)15(3)14-21/h15-17,19H,6-14H2,1-5H3. The Hall–Kier alpha value is -0.120. The topological polar surface area (TPSA) is 18.5 Å². The normalized spacial score (nSPS) is 35.0. The van der Waals surface area contributed by atoms with Crippen LogP contribution in [0.1, 0.15) is 60.3 Å². The van der Waals surface area contributed by atoms with E-state index in [1.807, 2.05) is 0 Å². The zero-order valence-corrected chi connectivity index (χ0v) is 15.0. The lowest BCUT2D eigenvalue weighted by Gasteiger charge is -2.52. The van der Waals surface area contributed by atoms with Gasteiger partial charge in [-0.05, 0) is 44.7 Å². The third-order valence-electron chi connectivity index (χ3n) is 5.83. The van der Waals surface area contributed by atoms with Gasteiger partial charge in [-0.1, -0.05) is 34.1 Å². The van der Waals surface area contributed by atoms with Crippen molar-refractivity contribution in [1.82, 2.24) is 15.1 Å². The first-order valence-corrected chi connectivity index (χ1v) is 9.21. The van der Waals surface area contributed by atoms with E-state index < -0.39 is 0 Å². The van der Waals surface area contributed by atoms with E-state index in [1.165, 1.54) is 51.9 Å². The summed E-state index contributed by atoms with van der Waals surface area (Å²) in [4.78, 5) is 5.42. The van der Waals surface area contributed by atoms with Gasteiger partial charge in [0.2, 0.25) is 0 Å². The molecule has 1 saturated carbocycles. The fraction of sp³-hybridized carbons (Fsp3) is 1.00. The Labute approximate surface area is 132 Å². The second kappa shape index (κ2) is 7.43. The van der Waals surface area contributed by atoms with Gasteiger partial charge in [-0.15, -0.1) is 0 Å². The fourth-order valence-corrected chi connectivity index (χ4v) is 4.51. The van der Waals surface area contributed by atoms with Crippen molar-refractivity contribution < 1.29 is 0 Å². The van der Waals surface area contributed by atoms with Crippen LogP contribution in [0, 0.1) is 5.41 Å². The average molecular weight is 296 g/mol. The minimum absolute atomic E-state index is 0.434. The van der Waals surface area contributed by atoms with Crippen LogP contribution in [-0.4, -0.2) is 60.6 Å². The number of hydrogen-bond acceptors (Lipinski definition) is 3. The van der Waals surface area contributed by atoms with Crippen molar-refractivity contribution in [2.75, 3.05) is 32.7 Å². The molecule has 0 bridgehead atoms. The second-order valence-electron chi connectivity index (χ2n) is 7.85. The molecule has 0 aromatic rings. The Balaban J connectivity index is 2.05. The molecule has 0 spiro atoms. The summed E-state index contributed by atoms with van der Waals surface area (Å²) in [6.45, 7) is 18.0. The maximum absolute atomic E-state index is 3.89. The van der Waals surface area contributed by atoms with Gasteiger partial charge in [0.1, 0.15) is 0 Å². The third-order valence-corrected chi connectivity index (χ3v) is 5.83. The Bertz CT molecular complexity index is 316. The van der Waals surface area contributed by atoms with Gasteiger partial charge in [0.25, 0.3) is 0 Å². The van der Waals surface area contributed by atoms with Gasteiger partial charge in [0, 0.05) is 37.8 Å². The summed E-state index contributed by atoms with van der Waals surface area (Å²) in [5.41, 5.74) is 0.434. The van der Waals surface area contributed by atoms with E-state index >= 15 is 0 Å². The molecule has 2 fully saturated rings. The van der Waals surface area contributed by atoms with Gasteiger partial charge in [0.05, 0.1) is 0 Å². The minimum atomic E-state index is 0.434. The molecule has 1 heterocycles. The SMILES string of the molecule is CCCNC1C(N2CCN(CC)C(C)C2)CCCC1(C)C. The highest BCUT2D eigenvalue weighted by Gasteiger charge is 2.42. The number of hydrogen-bond donors (Lipinski definition) is 1. The van der Waals surface area contributed by atoms with E-state index in [1.54, 1.807) is 0 Å². The van der Waals surface area contributed by atoms with E-state index in [2.05, 4.69) is 49.7 Å². The third kappa shape index (κ3) is 4.00. The molecule has 0 radical (unpaired) electrons. The molecule has 1 aliphatic carbocycles. The van der Waals surface area contributed by atoms with E-state index in [0.29, 0.717) is 17.5 Å². The molecule has 2 rings (SSSR count). The molecule has 3 unspecified atom stereocenters. The molecule has 3 nitrogen and oxygen atoms in total. The first-order chi connectivity index (χ1) is 9.99. The van der Waals surface area contributed by atoms with Crippen molar-refractivity contribution in [2.24, 2.45) is 5.41 Å². The number of piperazine rings is 1. The fourth-order valence-electron chi connectivity index (χ4n) is 4.51. The molecule has 0 aromatic heterocycles. The summed E-state index contributed by atoms with van der Waals surface area (Å²) in [5.74, 6) is 0. The van der Waals surface area contributed by atoms with Crippen LogP contribution in [0.25, 0.3) is 0 Å². The van der Waals surface area contributed by atoms with Crippen molar-refractivity contribution >= 4 is 0 Å². The molecule has 1 saturated heterocycles. The van der Waals surface area contributed by atoms with Gasteiger partial charge >= 0.3 is 0 Å². The first kappa shape index (κ1) is 17.2. The summed E-state index contributed by atoms with van der Waals surface area (Å²) in [5, 5.41) is 3.89. The highest BCUT2D eigenvalue weighted by molar-refractivity contribution is 4.99. The number of likely N-dealkylation sites (N-methyl/N-ethyl adjacent to an activating group) is 1. The summed E-state index contributed by atoms with van der Waals surface area (Å²) < 4.78 is 0. The van der Waals surface area contributed by atoms with Gasteiger partial charge in [-0.2, -0.15) is 0 Å². The zero-order valence-electron chi connectivity index (χ0n) is 15.0. The highest BCUT2D eigenvalue weighted by Crippen LogP contribution is 2.38. The summed E-state index contributed by atoms with van der Waals surface area (Å²) in [6.07, 6.45) is 5.38. The van der Waals surface area contributed by atoms with E-state index in [9.17, 15) is 0 Å². The van der Waals surface area contributed by atoms with Crippen molar-refractivity contribution in [3.8, 4) is 0 Å². The van der Waals surface area contributed by atoms with Crippen LogP contribution in [0.2, 0.25) is 0 Å². The van der Waals surface area contributed by atoms with Crippen LogP contribution in [-0.2, 0) is 0 Å². The Kier molecular flexibility index (Phi) is 6.10. The molecular weight excluding hydrogens is 258 g/mol. The zero-order chi connectivity index (χ0) is 15.5. The quantitative estimate of drug-likeness (QED) is 0.841. The number of nitrogens with one attached hydrogen (secondary N) is 1. The van der Waals surface area contributed by atoms with Crippen LogP contribution in [0.5, 0.6) is 0 Å². The van der Waals surface area contributed by atoms with Crippen LogP contribution >= 0.6 is 0 Å². The van der Waals surface area contributed by atoms with E-state index in [-0.39, 0.29) is 0 Å². The first-order valence-electron chi connectivity index (χ1n) is 9.21. The summed E-state index contributed by atoms with van der Waals surface area (Å²) in [6, 6.07) is 2.11. The molecule has 1 aliphatic heterocycles. The molecule has 0 aromatic carbocycles. The second-order valence-corrected chi connectivity index (χ2v) is 7.85. The maximum atomic E-state index is 3.89. The van der Waals surface area contributed by atoms with Gasteiger partial charge < -0.3 is 5.32 Å². The summed E-state index contributed by atoms with van der Waals surface area (Å²) in [7, 11) is 0. The Morgan fingerprint density at radius 3 is 2.57 bits per heavy atom. The lowest BCUT2D eigenvalue weighted by molar-refractivity contribution is 0.000713. The van der Waals surface area contributed by atoms with Crippen LogP contribution in [0.4, 0.5) is 0 Å². The van der Waals surface area contributed by atoms with Crippen molar-refractivity contribution in [3.63, 3.8) is 0 Å². The van der Waals surface area contributed by atoms with Gasteiger partial charge in [-0.25, -0.2) is 0 Å². The predicted octanol–water partition coefficient (Wildman–Crippen LogP) is 2.96. The van der Waals surface area contributed by atoms with Gasteiger partial charge in [0.15, 0.2) is 0 Å². The summed E-state index contributed by atoms with van der Waals surface area (Å²) >= 11 is 0. The molecule has 3 atom stereocenters. The van der Waals surface area contributed by atoms with E-state index in [0.717, 1.165) is 12.6 Å². The molecule has 0 amide bonds. The van der Waals surface area contributed by atoms with Crippen LogP contribution in [0.15, 0.2) is 0 Å². The number of rotatable bonds is 5. The lowest BCUT2D eigenvalue weighted by atomic mass is 9.70. The lowest BCUT2D eigenvalue weighted by Crippen LogP contribution is -2.63. The molecule has 124 valence electrons. The minimum Gasteiger partial charge on any atom is -0.312 e. The molecule has 2 aliphatic rings. The van der Waals surface area contributed by atoms with Crippen molar-refractivity contribution in [1.29, 1.82) is 0 Å². The molecule has 3 heteroatoms. The van der Waals surface area contributed by atoms with E-state index in [4.69, 9.17) is 0 Å². The van der Waals surface area contributed by atoms with Gasteiger partial charge in [-0.3, -0.25) is 9.80 Å². The average Bonchev–Trinajstić information content (AvgIpc) is 2.45. The molecule has 1 N–H and O–H groups in total. The van der Waals surface area contributed by atoms with Crippen LogP contribution < -0.4 is 5.32 Å². The van der Waals surface area contributed by atoms with Crippen molar-refractivity contribution in [3.05, 3.63) is 0 Å². The highest BCUT2D eigenvalue weighted by atomic mass is 15.3. The largest absolute Gasteiger partial charge is 0.312 e. The predicted molar refractivity (Wildman–Crippen MR) is 91.8 cm³/mol.